The van der Waals surface area contributed by atoms with Crippen LogP contribution in [0.15, 0.2) is 5.38 Å². The number of fused-ring (bicyclic) bond motifs is 1. The Labute approximate surface area is 123 Å². The predicted octanol–water partition coefficient (Wildman–Crippen LogP) is 2.71. The SMILES string of the molecule is CC1CCc2c(C(=O)NC(C)C(C)C(=O)O)csc2C1. The lowest BCUT2D eigenvalue weighted by Gasteiger charge is -2.20. The Hall–Kier alpha value is -1.36. The van der Waals surface area contributed by atoms with Gasteiger partial charge in [0, 0.05) is 16.3 Å². The fourth-order valence-corrected chi connectivity index (χ4v) is 3.74. The summed E-state index contributed by atoms with van der Waals surface area (Å²) in [4.78, 5) is 24.5. The van der Waals surface area contributed by atoms with Crippen molar-refractivity contribution in [1.29, 1.82) is 0 Å². The van der Waals surface area contributed by atoms with Crippen molar-refractivity contribution < 1.29 is 14.7 Å². The van der Waals surface area contributed by atoms with Crippen LogP contribution >= 0.6 is 11.3 Å². The number of hydrogen-bond donors (Lipinski definition) is 2. The van der Waals surface area contributed by atoms with Crippen molar-refractivity contribution in [3.63, 3.8) is 0 Å². The summed E-state index contributed by atoms with van der Waals surface area (Å²) in [6.07, 6.45) is 3.12. The molecule has 1 amide bonds. The smallest absolute Gasteiger partial charge is 0.308 e. The zero-order valence-corrected chi connectivity index (χ0v) is 12.9. The molecule has 110 valence electrons. The molecule has 4 nitrogen and oxygen atoms in total. The Morgan fingerprint density at radius 3 is 2.80 bits per heavy atom. The van der Waals surface area contributed by atoms with Crippen LogP contribution in [0.2, 0.25) is 0 Å². The molecule has 20 heavy (non-hydrogen) atoms. The van der Waals surface area contributed by atoms with E-state index >= 15 is 0 Å². The molecule has 0 saturated heterocycles. The van der Waals surface area contributed by atoms with Crippen LogP contribution < -0.4 is 5.32 Å². The van der Waals surface area contributed by atoms with Gasteiger partial charge in [-0.2, -0.15) is 0 Å². The van der Waals surface area contributed by atoms with Gasteiger partial charge in [0.25, 0.3) is 5.91 Å². The van der Waals surface area contributed by atoms with Crippen LogP contribution in [0.1, 0.15) is 48.0 Å². The average molecular weight is 295 g/mol. The summed E-state index contributed by atoms with van der Waals surface area (Å²) in [5.74, 6) is -0.937. The van der Waals surface area contributed by atoms with E-state index < -0.39 is 11.9 Å². The highest BCUT2D eigenvalue weighted by atomic mass is 32.1. The topological polar surface area (TPSA) is 66.4 Å². The van der Waals surface area contributed by atoms with Gasteiger partial charge in [-0.3, -0.25) is 9.59 Å². The van der Waals surface area contributed by atoms with Crippen molar-refractivity contribution in [3.05, 3.63) is 21.4 Å². The number of carboxylic acids is 1. The van der Waals surface area contributed by atoms with Crippen molar-refractivity contribution in [1.82, 2.24) is 5.32 Å². The van der Waals surface area contributed by atoms with Crippen LogP contribution in [0.25, 0.3) is 0 Å². The van der Waals surface area contributed by atoms with Crippen LogP contribution in [0.5, 0.6) is 0 Å². The number of nitrogens with one attached hydrogen (secondary N) is 1. The van der Waals surface area contributed by atoms with E-state index in [1.165, 1.54) is 10.4 Å². The van der Waals surface area contributed by atoms with Gasteiger partial charge in [0.05, 0.1) is 11.5 Å². The fourth-order valence-electron chi connectivity index (χ4n) is 2.49. The summed E-state index contributed by atoms with van der Waals surface area (Å²) >= 11 is 1.65. The summed E-state index contributed by atoms with van der Waals surface area (Å²) in [5.41, 5.74) is 1.90. The van der Waals surface area contributed by atoms with E-state index in [1.54, 1.807) is 25.2 Å². The van der Waals surface area contributed by atoms with Gasteiger partial charge < -0.3 is 10.4 Å². The molecule has 2 rings (SSSR count). The summed E-state index contributed by atoms with van der Waals surface area (Å²) in [6, 6.07) is -0.377. The molecule has 1 heterocycles. The Morgan fingerprint density at radius 2 is 2.15 bits per heavy atom. The molecule has 1 aliphatic carbocycles. The van der Waals surface area contributed by atoms with Gasteiger partial charge in [0.15, 0.2) is 0 Å². The molecule has 0 bridgehead atoms. The molecule has 1 aromatic rings. The van der Waals surface area contributed by atoms with E-state index in [-0.39, 0.29) is 11.9 Å². The molecule has 0 radical (unpaired) electrons. The van der Waals surface area contributed by atoms with E-state index in [0.29, 0.717) is 5.92 Å². The molecule has 0 aliphatic heterocycles. The normalized spacial score (nSPS) is 20.9. The number of rotatable bonds is 4. The third kappa shape index (κ3) is 3.03. The maximum Gasteiger partial charge on any atom is 0.308 e. The van der Waals surface area contributed by atoms with E-state index in [0.717, 1.165) is 24.8 Å². The van der Waals surface area contributed by atoms with Crippen LogP contribution in [0.3, 0.4) is 0 Å². The van der Waals surface area contributed by atoms with Gasteiger partial charge in [-0.1, -0.05) is 6.92 Å². The molecular formula is C15H21NO3S. The number of hydrogen-bond acceptors (Lipinski definition) is 3. The van der Waals surface area contributed by atoms with Crippen molar-refractivity contribution >= 4 is 23.2 Å². The minimum absolute atomic E-state index is 0.141. The number of aliphatic carboxylic acids is 1. The zero-order chi connectivity index (χ0) is 14.9. The van der Waals surface area contributed by atoms with Gasteiger partial charge >= 0.3 is 5.97 Å². The first-order valence-corrected chi connectivity index (χ1v) is 7.91. The molecule has 0 fully saturated rings. The lowest BCUT2D eigenvalue weighted by molar-refractivity contribution is -0.141. The Balaban J connectivity index is 2.09. The average Bonchev–Trinajstić information content (AvgIpc) is 2.80. The first kappa shape index (κ1) is 15.0. The minimum atomic E-state index is -0.890. The van der Waals surface area contributed by atoms with Gasteiger partial charge in [-0.05, 0) is 44.6 Å². The second kappa shape index (κ2) is 5.95. The lowest BCUT2D eigenvalue weighted by atomic mass is 9.88. The molecule has 3 atom stereocenters. The lowest BCUT2D eigenvalue weighted by Crippen LogP contribution is -2.40. The van der Waals surface area contributed by atoms with E-state index in [1.807, 2.05) is 5.38 Å². The minimum Gasteiger partial charge on any atom is -0.481 e. The van der Waals surface area contributed by atoms with Crippen molar-refractivity contribution in [2.45, 2.75) is 46.1 Å². The van der Waals surface area contributed by atoms with Gasteiger partial charge in [0.1, 0.15) is 0 Å². The molecule has 1 aromatic heterocycles. The van der Waals surface area contributed by atoms with Gasteiger partial charge in [-0.15, -0.1) is 11.3 Å². The van der Waals surface area contributed by atoms with E-state index in [9.17, 15) is 9.59 Å². The number of carbonyl (C=O) groups excluding carboxylic acids is 1. The van der Waals surface area contributed by atoms with Crippen LogP contribution in [0, 0.1) is 11.8 Å². The van der Waals surface area contributed by atoms with Gasteiger partial charge in [-0.25, -0.2) is 0 Å². The second-order valence-corrected chi connectivity index (χ2v) is 6.75. The van der Waals surface area contributed by atoms with Gasteiger partial charge in [0.2, 0.25) is 0 Å². The number of carboxylic acid groups (broad SMARTS) is 1. The Kier molecular flexibility index (Phi) is 4.48. The first-order chi connectivity index (χ1) is 9.40. The Bertz CT molecular complexity index is 523. The largest absolute Gasteiger partial charge is 0.481 e. The van der Waals surface area contributed by atoms with Crippen molar-refractivity contribution in [2.24, 2.45) is 11.8 Å². The number of thiophene rings is 1. The molecule has 3 unspecified atom stereocenters. The van der Waals surface area contributed by atoms with E-state index in [2.05, 4.69) is 12.2 Å². The Morgan fingerprint density at radius 1 is 1.45 bits per heavy atom. The third-order valence-corrected chi connectivity index (χ3v) is 5.20. The van der Waals surface area contributed by atoms with Crippen molar-refractivity contribution in [3.8, 4) is 0 Å². The summed E-state index contributed by atoms with van der Waals surface area (Å²) < 4.78 is 0. The van der Waals surface area contributed by atoms with Crippen LogP contribution in [0.4, 0.5) is 0 Å². The van der Waals surface area contributed by atoms with Crippen LogP contribution in [-0.2, 0) is 17.6 Å². The highest BCUT2D eigenvalue weighted by Crippen LogP contribution is 2.32. The highest BCUT2D eigenvalue weighted by molar-refractivity contribution is 7.10. The number of amides is 1. The number of carbonyl (C=O) groups is 2. The van der Waals surface area contributed by atoms with Crippen molar-refractivity contribution in [2.75, 3.05) is 0 Å². The molecule has 5 heteroatoms. The first-order valence-electron chi connectivity index (χ1n) is 7.03. The monoisotopic (exact) mass is 295 g/mol. The molecule has 0 aromatic carbocycles. The summed E-state index contributed by atoms with van der Waals surface area (Å²) in [7, 11) is 0. The molecule has 0 spiro atoms. The summed E-state index contributed by atoms with van der Waals surface area (Å²) in [6.45, 7) is 5.58. The maximum atomic E-state index is 12.3. The second-order valence-electron chi connectivity index (χ2n) is 5.79. The highest BCUT2D eigenvalue weighted by Gasteiger charge is 2.26. The summed E-state index contributed by atoms with van der Waals surface area (Å²) in [5, 5.41) is 13.7. The molecular weight excluding hydrogens is 274 g/mol. The molecule has 2 N–H and O–H groups in total. The quantitative estimate of drug-likeness (QED) is 0.897. The molecule has 0 saturated carbocycles. The zero-order valence-electron chi connectivity index (χ0n) is 12.1. The maximum absolute atomic E-state index is 12.3. The predicted molar refractivity (Wildman–Crippen MR) is 79.2 cm³/mol. The standard InChI is InChI=1S/C15H21NO3S/c1-8-4-5-11-12(7-20-13(11)6-8)14(17)16-10(3)9(2)15(18)19/h7-10H,4-6H2,1-3H3,(H,16,17)(H,18,19). The molecule has 1 aliphatic rings. The van der Waals surface area contributed by atoms with Crippen LogP contribution in [-0.4, -0.2) is 23.0 Å². The fraction of sp³-hybridized carbons (Fsp3) is 0.600. The van der Waals surface area contributed by atoms with E-state index in [4.69, 9.17) is 5.11 Å². The third-order valence-electron chi connectivity index (χ3n) is 4.14.